The van der Waals surface area contributed by atoms with Crippen LogP contribution in [0.5, 0.6) is 0 Å². The predicted molar refractivity (Wildman–Crippen MR) is 80.9 cm³/mol. The number of hydrogen-bond acceptors (Lipinski definition) is 3. The largest absolute Gasteiger partial charge is 0.329 e. The van der Waals surface area contributed by atoms with E-state index in [9.17, 15) is 0 Å². The lowest BCUT2D eigenvalue weighted by molar-refractivity contribution is 0.712. The van der Waals surface area contributed by atoms with Gasteiger partial charge in [-0.05, 0) is 41.4 Å². The van der Waals surface area contributed by atoms with E-state index in [2.05, 4.69) is 61.3 Å². The molecule has 0 saturated heterocycles. The fourth-order valence-electron chi connectivity index (χ4n) is 1.89. The number of nitrogens with zero attached hydrogens (tertiary/aromatic N) is 2. The molecule has 96 valence electrons. The van der Waals surface area contributed by atoms with Gasteiger partial charge >= 0.3 is 0 Å². The van der Waals surface area contributed by atoms with Gasteiger partial charge in [-0.3, -0.25) is 0 Å². The summed E-state index contributed by atoms with van der Waals surface area (Å²) in [5.41, 5.74) is 2.30. The maximum Gasteiger partial charge on any atom is 0.132 e. The number of rotatable bonds is 4. The third-order valence-corrected chi connectivity index (χ3v) is 4.14. The Balaban J connectivity index is 2.43. The second kappa shape index (κ2) is 5.91. The summed E-state index contributed by atoms with van der Waals surface area (Å²) in [6, 6.07) is 8.54. The molecule has 0 aliphatic carbocycles. The van der Waals surface area contributed by atoms with E-state index in [4.69, 9.17) is 0 Å². The molecule has 1 heterocycles. The Hall–Kier alpha value is -0.780. The van der Waals surface area contributed by atoms with Crippen molar-refractivity contribution in [1.29, 1.82) is 0 Å². The molecular weight excluding hydrogens is 310 g/mol. The molecule has 5 heteroatoms. The lowest BCUT2D eigenvalue weighted by Crippen LogP contribution is -2.10. The fourth-order valence-corrected chi connectivity index (χ4v) is 2.99. The van der Waals surface area contributed by atoms with Gasteiger partial charge in [-0.15, -0.1) is 11.8 Å². The van der Waals surface area contributed by atoms with Crippen LogP contribution in [0.1, 0.15) is 5.82 Å². The van der Waals surface area contributed by atoms with Crippen LogP contribution in [0.15, 0.2) is 33.8 Å². The zero-order valence-corrected chi connectivity index (χ0v) is 13.1. The molecule has 0 amide bonds. The molecular formula is C13H16BrN3S. The van der Waals surface area contributed by atoms with E-state index in [1.165, 1.54) is 10.5 Å². The standard InChI is InChI=1S/C13H16BrN3S/c1-15-8-11-16-13(14)12(17(11)2)9-4-6-10(18-3)7-5-9/h4-7,15H,8H2,1-3H3. The van der Waals surface area contributed by atoms with Gasteiger partial charge in [0.2, 0.25) is 0 Å². The van der Waals surface area contributed by atoms with Crippen molar-refractivity contribution in [2.45, 2.75) is 11.4 Å². The topological polar surface area (TPSA) is 29.9 Å². The zero-order valence-electron chi connectivity index (χ0n) is 10.7. The monoisotopic (exact) mass is 325 g/mol. The first-order valence-corrected chi connectivity index (χ1v) is 7.69. The van der Waals surface area contributed by atoms with Crippen molar-refractivity contribution in [3.8, 4) is 11.3 Å². The predicted octanol–water partition coefficient (Wildman–Crippen LogP) is 3.29. The van der Waals surface area contributed by atoms with E-state index >= 15 is 0 Å². The number of imidazole rings is 1. The first kappa shape index (κ1) is 13.6. The second-order valence-electron chi connectivity index (χ2n) is 3.99. The number of hydrogen-bond donors (Lipinski definition) is 1. The summed E-state index contributed by atoms with van der Waals surface area (Å²) in [7, 11) is 3.97. The lowest BCUT2D eigenvalue weighted by atomic mass is 10.2. The normalized spacial score (nSPS) is 10.9. The average Bonchev–Trinajstić information content (AvgIpc) is 2.65. The van der Waals surface area contributed by atoms with Crippen molar-refractivity contribution >= 4 is 27.7 Å². The Labute approximate surface area is 120 Å². The molecule has 1 N–H and O–H groups in total. The van der Waals surface area contributed by atoms with Crippen molar-refractivity contribution in [1.82, 2.24) is 14.9 Å². The molecule has 0 saturated carbocycles. The molecule has 0 fully saturated rings. The minimum atomic E-state index is 0.762. The molecule has 2 aromatic rings. The van der Waals surface area contributed by atoms with E-state index in [-0.39, 0.29) is 0 Å². The van der Waals surface area contributed by atoms with Gasteiger partial charge in [-0.2, -0.15) is 0 Å². The Morgan fingerprint density at radius 1 is 1.33 bits per heavy atom. The van der Waals surface area contributed by atoms with E-state index in [1.54, 1.807) is 11.8 Å². The Bertz CT molecular complexity index is 534. The highest BCUT2D eigenvalue weighted by atomic mass is 79.9. The van der Waals surface area contributed by atoms with Crippen LogP contribution in [0, 0.1) is 0 Å². The molecule has 0 atom stereocenters. The SMILES string of the molecule is CNCc1nc(Br)c(-c2ccc(SC)cc2)n1C. The minimum absolute atomic E-state index is 0.762. The van der Waals surface area contributed by atoms with Gasteiger partial charge in [0, 0.05) is 17.5 Å². The van der Waals surface area contributed by atoms with Crippen LogP contribution in [-0.2, 0) is 13.6 Å². The summed E-state index contributed by atoms with van der Waals surface area (Å²) >= 11 is 5.30. The summed E-state index contributed by atoms with van der Waals surface area (Å²) in [5, 5.41) is 3.13. The van der Waals surface area contributed by atoms with Crippen molar-refractivity contribution < 1.29 is 0 Å². The zero-order chi connectivity index (χ0) is 13.1. The second-order valence-corrected chi connectivity index (χ2v) is 5.62. The molecule has 0 spiro atoms. The van der Waals surface area contributed by atoms with Crippen LogP contribution in [0.25, 0.3) is 11.3 Å². The van der Waals surface area contributed by atoms with Gasteiger partial charge in [-0.1, -0.05) is 12.1 Å². The number of benzene rings is 1. The van der Waals surface area contributed by atoms with Crippen molar-refractivity contribution in [2.75, 3.05) is 13.3 Å². The summed E-state index contributed by atoms with van der Waals surface area (Å²) < 4.78 is 3.02. The van der Waals surface area contributed by atoms with Crippen LogP contribution in [0.3, 0.4) is 0 Å². The highest BCUT2D eigenvalue weighted by Crippen LogP contribution is 2.29. The maximum atomic E-state index is 4.53. The van der Waals surface area contributed by atoms with Gasteiger partial charge in [-0.25, -0.2) is 4.98 Å². The number of aromatic nitrogens is 2. The average molecular weight is 326 g/mol. The van der Waals surface area contributed by atoms with Gasteiger partial charge in [0.25, 0.3) is 0 Å². The summed E-state index contributed by atoms with van der Waals surface area (Å²) in [4.78, 5) is 5.80. The Morgan fingerprint density at radius 3 is 2.56 bits per heavy atom. The molecule has 3 nitrogen and oxygen atoms in total. The Morgan fingerprint density at radius 2 is 2.00 bits per heavy atom. The van der Waals surface area contributed by atoms with Crippen LogP contribution < -0.4 is 5.32 Å². The quantitative estimate of drug-likeness (QED) is 0.875. The van der Waals surface area contributed by atoms with Crippen LogP contribution >= 0.6 is 27.7 Å². The number of halogens is 1. The summed E-state index contributed by atoms with van der Waals surface area (Å²) in [5.74, 6) is 1.02. The summed E-state index contributed by atoms with van der Waals surface area (Å²) in [6.45, 7) is 0.762. The van der Waals surface area contributed by atoms with Gasteiger partial charge in [0.1, 0.15) is 10.4 Å². The third-order valence-electron chi connectivity index (χ3n) is 2.84. The van der Waals surface area contributed by atoms with Crippen LogP contribution in [0.4, 0.5) is 0 Å². The smallest absolute Gasteiger partial charge is 0.132 e. The van der Waals surface area contributed by atoms with E-state index in [0.717, 1.165) is 22.7 Å². The minimum Gasteiger partial charge on any atom is -0.329 e. The van der Waals surface area contributed by atoms with Gasteiger partial charge < -0.3 is 9.88 Å². The maximum absolute atomic E-state index is 4.53. The van der Waals surface area contributed by atoms with Crippen LogP contribution in [-0.4, -0.2) is 22.9 Å². The first-order chi connectivity index (χ1) is 8.67. The molecule has 0 unspecified atom stereocenters. The van der Waals surface area contributed by atoms with E-state index < -0.39 is 0 Å². The Kier molecular flexibility index (Phi) is 4.48. The molecule has 0 bridgehead atoms. The number of nitrogens with one attached hydrogen (secondary N) is 1. The highest BCUT2D eigenvalue weighted by Gasteiger charge is 2.13. The van der Waals surface area contributed by atoms with Crippen molar-refractivity contribution in [3.63, 3.8) is 0 Å². The highest BCUT2D eigenvalue weighted by molar-refractivity contribution is 9.10. The van der Waals surface area contributed by atoms with Crippen LogP contribution in [0.2, 0.25) is 0 Å². The first-order valence-electron chi connectivity index (χ1n) is 5.67. The van der Waals surface area contributed by atoms with E-state index in [1.807, 2.05) is 14.1 Å². The van der Waals surface area contributed by atoms with Gasteiger partial charge in [0.05, 0.1) is 12.2 Å². The molecule has 0 radical (unpaired) electrons. The summed E-state index contributed by atoms with van der Waals surface area (Å²) in [6.07, 6.45) is 2.08. The number of thioether (sulfide) groups is 1. The fraction of sp³-hybridized carbons (Fsp3) is 0.308. The molecule has 0 aliphatic heterocycles. The van der Waals surface area contributed by atoms with E-state index in [0.29, 0.717) is 0 Å². The molecule has 1 aromatic heterocycles. The molecule has 2 rings (SSSR count). The molecule has 0 aliphatic rings. The van der Waals surface area contributed by atoms with Gasteiger partial charge in [0.15, 0.2) is 0 Å². The van der Waals surface area contributed by atoms with Crippen molar-refractivity contribution in [2.24, 2.45) is 7.05 Å². The lowest BCUT2D eigenvalue weighted by Gasteiger charge is -2.06. The third kappa shape index (κ3) is 2.63. The van der Waals surface area contributed by atoms with Crippen molar-refractivity contribution in [3.05, 3.63) is 34.7 Å². The molecule has 1 aromatic carbocycles. The molecule has 18 heavy (non-hydrogen) atoms.